The van der Waals surface area contributed by atoms with E-state index in [-0.39, 0.29) is 11.4 Å². The third kappa shape index (κ3) is 3.26. The number of nitrogens with two attached hydrogens (primary N) is 1. The Labute approximate surface area is 107 Å². The second-order valence-electron chi connectivity index (χ2n) is 5.15. The highest BCUT2D eigenvalue weighted by molar-refractivity contribution is 5.91. The number of carbonyl (C=O) groups excluding carboxylic acids is 1. The van der Waals surface area contributed by atoms with Gasteiger partial charge in [-0.15, -0.1) is 0 Å². The largest absolute Gasteiger partial charge is 0.349 e. The standard InChI is InChI=1S/C13H20N4O/c1-10-7-16-11(8-15-10)12(18)17-9-13(14)5-3-2-4-6-13/h7-8H,2-6,9,14H2,1H3,(H,17,18). The molecule has 2 rings (SSSR count). The van der Waals surface area contributed by atoms with E-state index in [1.807, 2.05) is 6.92 Å². The van der Waals surface area contributed by atoms with E-state index in [9.17, 15) is 4.79 Å². The lowest BCUT2D eigenvalue weighted by atomic mass is 9.82. The average molecular weight is 248 g/mol. The summed E-state index contributed by atoms with van der Waals surface area (Å²) in [5.74, 6) is -0.196. The van der Waals surface area contributed by atoms with Crippen LogP contribution in [0.4, 0.5) is 0 Å². The summed E-state index contributed by atoms with van der Waals surface area (Å²) in [4.78, 5) is 20.0. The van der Waals surface area contributed by atoms with Crippen molar-refractivity contribution in [1.29, 1.82) is 0 Å². The summed E-state index contributed by atoms with van der Waals surface area (Å²) in [5.41, 5.74) is 7.16. The van der Waals surface area contributed by atoms with Gasteiger partial charge in [0.15, 0.2) is 0 Å². The molecule has 18 heavy (non-hydrogen) atoms. The van der Waals surface area contributed by atoms with E-state index in [1.165, 1.54) is 12.6 Å². The summed E-state index contributed by atoms with van der Waals surface area (Å²) in [6.07, 6.45) is 8.59. The second kappa shape index (κ2) is 5.44. The number of aryl methyl sites for hydroxylation is 1. The minimum absolute atomic E-state index is 0.196. The van der Waals surface area contributed by atoms with E-state index < -0.39 is 0 Å². The van der Waals surface area contributed by atoms with Gasteiger partial charge in [-0.1, -0.05) is 19.3 Å². The van der Waals surface area contributed by atoms with Gasteiger partial charge in [-0.05, 0) is 19.8 Å². The van der Waals surface area contributed by atoms with Crippen molar-refractivity contribution in [2.45, 2.75) is 44.6 Å². The van der Waals surface area contributed by atoms with Gasteiger partial charge in [-0.2, -0.15) is 0 Å². The van der Waals surface area contributed by atoms with Crippen LogP contribution in [0.2, 0.25) is 0 Å². The van der Waals surface area contributed by atoms with Crippen molar-refractivity contribution in [1.82, 2.24) is 15.3 Å². The first-order valence-electron chi connectivity index (χ1n) is 6.45. The third-order valence-corrected chi connectivity index (χ3v) is 3.46. The molecule has 0 aliphatic heterocycles. The predicted octanol–water partition coefficient (Wildman–Crippen LogP) is 1.18. The molecule has 1 saturated carbocycles. The Kier molecular flexibility index (Phi) is 3.91. The molecule has 0 unspecified atom stereocenters. The molecule has 0 radical (unpaired) electrons. The maximum absolute atomic E-state index is 11.9. The Morgan fingerprint density at radius 3 is 2.67 bits per heavy atom. The summed E-state index contributed by atoms with van der Waals surface area (Å²) in [6.45, 7) is 2.35. The average Bonchev–Trinajstić information content (AvgIpc) is 2.38. The lowest BCUT2D eigenvalue weighted by Crippen LogP contribution is -2.51. The zero-order valence-electron chi connectivity index (χ0n) is 10.8. The first-order chi connectivity index (χ1) is 8.59. The summed E-state index contributed by atoms with van der Waals surface area (Å²) < 4.78 is 0. The number of hydrogen-bond acceptors (Lipinski definition) is 4. The topological polar surface area (TPSA) is 80.9 Å². The van der Waals surface area contributed by atoms with Crippen LogP contribution < -0.4 is 11.1 Å². The molecular formula is C13H20N4O. The molecule has 1 aliphatic carbocycles. The van der Waals surface area contributed by atoms with Gasteiger partial charge in [0.1, 0.15) is 5.69 Å². The molecule has 1 aromatic rings. The van der Waals surface area contributed by atoms with Crippen LogP contribution in [-0.2, 0) is 0 Å². The number of rotatable bonds is 3. The van der Waals surface area contributed by atoms with Crippen LogP contribution in [0.5, 0.6) is 0 Å². The highest BCUT2D eigenvalue weighted by atomic mass is 16.1. The predicted molar refractivity (Wildman–Crippen MR) is 69.1 cm³/mol. The zero-order valence-corrected chi connectivity index (χ0v) is 10.8. The molecule has 0 aromatic carbocycles. The molecule has 1 amide bonds. The van der Waals surface area contributed by atoms with E-state index in [2.05, 4.69) is 15.3 Å². The first kappa shape index (κ1) is 13.0. The van der Waals surface area contributed by atoms with Crippen LogP contribution in [0.3, 0.4) is 0 Å². The van der Waals surface area contributed by atoms with E-state index >= 15 is 0 Å². The van der Waals surface area contributed by atoms with Gasteiger partial charge in [0.05, 0.1) is 11.9 Å². The fraction of sp³-hybridized carbons (Fsp3) is 0.615. The van der Waals surface area contributed by atoms with Crippen molar-refractivity contribution in [3.63, 3.8) is 0 Å². The molecule has 1 heterocycles. The van der Waals surface area contributed by atoms with E-state index in [4.69, 9.17) is 5.73 Å². The summed E-state index contributed by atoms with van der Waals surface area (Å²) in [7, 11) is 0. The second-order valence-corrected chi connectivity index (χ2v) is 5.15. The number of hydrogen-bond donors (Lipinski definition) is 2. The molecule has 0 spiro atoms. The fourth-order valence-corrected chi connectivity index (χ4v) is 2.29. The first-order valence-corrected chi connectivity index (χ1v) is 6.45. The van der Waals surface area contributed by atoms with Crippen LogP contribution in [-0.4, -0.2) is 28.0 Å². The fourth-order valence-electron chi connectivity index (χ4n) is 2.29. The van der Waals surface area contributed by atoms with Gasteiger partial charge in [-0.25, -0.2) is 4.98 Å². The van der Waals surface area contributed by atoms with Gasteiger partial charge in [0.2, 0.25) is 0 Å². The van der Waals surface area contributed by atoms with Gasteiger partial charge in [0, 0.05) is 18.3 Å². The number of nitrogens with one attached hydrogen (secondary N) is 1. The monoisotopic (exact) mass is 248 g/mol. The Morgan fingerprint density at radius 1 is 1.33 bits per heavy atom. The van der Waals surface area contributed by atoms with Crippen LogP contribution >= 0.6 is 0 Å². The van der Waals surface area contributed by atoms with Gasteiger partial charge in [-0.3, -0.25) is 9.78 Å². The number of amides is 1. The maximum atomic E-state index is 11.9. The highest BCUT2D eigenvalue weighted by Crippen LogP contribution is 2.25. The zero-order chi connectivity index (χ0) is 13.0. The highest BCUT2D eigenvalue weighted by Gasteiger charge is 2.27. The SMILES string of the molecule is Cc1cnc(C(=O)NCC2(N)CCCCC2)cn1. The molecule has 1 aliphatic rings. The summed E-state index contributed by atoms with van der Waals surface area (Å²) >= 11 is 0. The number of aromatic nitrogens is 2. The molecule has 1 fully saturated rings. The summed E-state index contributed by atoms with van der Waals surface area (Å²) in [5, 5.41) is 2.86. The van der Waals surface area contributed by atoms with Crippen molar-refractivity contribution in [2.24, 2.45) is 5.73 Å². The van der Waals surface area contributed by atoms with Gasteiger partial charge in [0.25, 0.3) is 5.91 Å². The van der Waals surface area contributed by atoms with E-state index in [1.54, 1.807) is 6.20 Å². The number of nitrogens with zero attached hydrogens (tertiary/aromatic N) is 2. The molecule has 0 bridgehead atoms. The Morgan fingerprint density at radius 2 is 2.06 bits per heavy atom. The smallest absolute Gasteiger partial charge is 0.271 e. The molecule has 3 N–H and O–H groups in total. The van der Waals surface area contributed by atoms with Crippen LogP contribution in [0, 0.1) is 6.92 Å². The van der Waals surface area contributed by atoms with Crippen molar-refractivity contribution < 1.29 is 4.79 Å². The minimum Gasteiger partial charge on any atom is -0.349 e. The molecule has 98 valence electrons. The van der Waals surface area contributed by atoms with Crippen LogP contribution in [0.25, 0.3) is 0 Å². The van der Waals surface area contributed by atoms with Crippen LogP contribution in [0.15, 0.2) is 12.4 Å². The molecular weight excluding hydrogens is 228 g/mol. The Balaban J connectivity index is 1.89. The van der Waals surface area contributed by atoms with Crippen LogP contribution in [0.1, 0.15) is 48.3 Å². The van der Waals surface area contributed by atoms with Crippen molar-refractivity contribution in [2.75, 3.05) is 6.54 Å². The normalized spacial score (nSPS) is 18.3. The summed E-state index contributed by atoms with van der Waals surface area (Å²) in [6, 6.07) is 0. The molecule has 1 aromatic heterocycles. The maximum Gasteiger partial charge on any atom is 0.271 e. The van der Waals surface area contributed by atoms with Crippen molar-refractivity contribution in [3.8, 4) is 0 Å². The molecule has 5 heteroatoms. The molecule has 0 saturated heterocycles. The van der Waals surface area contributed by atoms with E-state index in [0.717, 1.165) is 31.4 Å². The van der Waals surface area contributed by atoms with Gasteiger partial charge >= 0.3 is 0 Å². The Bertz CT molecular complexity index is 410. The van der Waals surface area contributed by atoms with Crippen molar-refractivity contribution in [3.05, 3.63) is 23.8 Å². The Hall–Kier alpha value is -1.49. The lowest BCUT2D eigenvalue weighted by molar-refractivity contribution is 0.0932. The molecule has 0 atom stereocenters. The quantitative estimate of drug-likeness (QED) is 0.841. The molecule has 5 nitrogen and oxygen atoms in total. The van der Waals surface area contributed by atoms with Crippen molar-refractivity contribution >= 4 is 5.91 Å². The van der Waals surface area contributed by atoms with E-state index in [0.29, 0.717) is 12.2 Å². The number of carbonyl (C=O) groups is 1. The van der Waals surface area contributed by atoms with Gasteiger partial charge < -0.3 is 11.1 Å². The third-order valence-electron chi connectivity index (χ3n) is 3.46. The minimum atomic E-state index is -0.244. The lowest BCUT2D eigenvalue weighted by Gasteiger charge is -2.33.